The van der Waals surface area contributed by atoms with Crippen LogP contribution in [0.4, 0.5) is 5.69 Å². The van der Waals surface area contributed by atoms with Crippen molar-refractivity contribution in [1.29, 1.82) is 0 Å². The quantitative estimate of drug-likeness (QED) is 0.751. The molecule has 1 heterocycles. The van der Waals surface area contributed by atoms with E-state index in [1.807, 2.05) is 0 Å². The third-order valence-electron chi connectivity index (χ3n) is 4.15. The molecule has 1 aliphatic heterocycles. The molecule has 0 saturated heterocycles. The molecule has 2 aromatic rings. The van der Waals surface area contributed by atoms with Crippen LogP contribution < -0.4 is 24.3 Å². The molecule has 0 atom stereocenters. The highest BCUT2D eigenvalue weighted by Gasteiger charge is 2.21. The molecule has 8 nitrogen and oxygen atoms in total. The molecule has 0 spiro atoms. The van der Waals surface area contributed by atoms with Crippen molar-refractivity contribution in [1.82, 2.24) is 0 Å². The van der Waals surface area contributed by atoms with Crippen molar-refractivity contribution in [2.24, 2.45) is 0 Å². The number of carbonyl (C=O) groups is 1. The van der Waals surface area contributed by atoms with Crippen LogP contribution >= 0.6 is 0 Å². The Morgan fingerprint density at radius 3 is 2.50 bits per heavy atom. The fourth-order valence-electron chi connectivity index (χ4n) is 2.68. The number of nitrogens with one attached hydrogen (secondary N) is 1. The molecule has 1 N–H and O–H groups in total. The maximum atomic E-state index is 12.6. The average Bonchev–Trinajstić information content (AvgIpc) is 2.72. The largest absolute Gasteiger partial charge is 0.497 e. The summed E-state index contributed by atoms with van der Waals surface area (Å²) in [7, 11) is -0.663. The number of sulfone groups is 1. The maximum absolute atomic E-state index is 12.6. The molecule has 0 fully saturated rings. The van der Waals surface area contributed by atoms with Gasteiger partial charge in [-0.1, -0.05) is 0 Å². The summed E-state index contributed by atoms with van der Waals surface area (Å²) in [4.78, 5) is 12.3. The van der Waals surface area contributed by atoms with Gasteiger partial charge in [0.15, 0.2) is 21.3 Å². The summed E-state index contributed by atoms with van der Waals surface area (Å²) in [5.41, 5.74) is 0.435. The van der Waals surface area contributed by atoms with E-state index >= 15 is 0 Å². The Balaban J connectivity index is 1.65. The Kier molecular flexibility index (Phi) is 5.93. The molecule has 0 bridgehead atoms. The number of rotatable bonds is 7. The van der Waals surface area contributed by atoms with E-state index in [1.165, 1.54) is 26.4 Å². The normalized spacial score (nSPS) is 12.9. The Hall–Kier alpha value is -2.94. The van der Waals surface area contributed by atoms with Crippen LogP contribution in [0.3, 0.4) is 0 Å². The van der Waals surface area contributed by atoms with Gasteiger partial charge in [-0.15, -0.1) is 0 Å². The van der Waals surface area contributed by atoms with Gasteiger partial charge >= 0.3 is 0 Å². The monoisotopic (exact) mass is 407 g/mol. The standard InChI is InChI=1S/C19H21NO7S/c1-24-13-3-5-15(17(11-13)25-2)20-19(21)7-10-28(22,23)14-4-6-16-18(12-14)27-9-8-26-16/h3-6,11-12H,7-10H2,1-2H3,(H,20,21). The number of hydrogen-bond donors (Lipinski definition) is 1. The lowest BCUT2D eigenvalue weighted by molar-refractivity contribution is -0.115. The third-order valence-corrected chi connectivity index (χ3v) is 5.87. The van der Waals surface area contributed by atoms with Gasteiger partial charge in [-0.25, -0.2) is 8.42 Å². The number of benzene rings is 2. The fraction of sp³-hybridized carbons (Fsp3) is 0.316. The number of ether oxygens (including phenoxy) is 4. The van der Waals surface area contributed by atoms with Crippen molar-refractivity contribution in [3.8, 4) is 23.0 Å². The summed E-state index contributed by atoms with van der Waals surface area (Å²) in [6, 6.07) is 9.36. The molecule has 28 heavy (non-hydrogen) atoms. The van der Waals surface area contributed by atoms with E-state index in [0.717, 1.165) is 0 Å². The summed E-state index contributed by atoms with van der Waals surface area (Å²) in [5.74, 6) is 1.12. The summed E-state index contributed by atoms with van der Waals surface area (Å²) >= 11 is 0. The van der Waals surface area contributed by atoms with Crippen LogP contribution in [0, 0.1) is 0 Å². The van der Waals surface area contributed by atoms with Gasteiger partial charge in [0.1, 0.15) is 24.7 Å². The van der Waals surface area contributed by atoms with Crippen LogP contribution in [0.15, 0.2) is 41.3 Å². The number of amides is 1. The fourth-order valence-corrected chi connectivity index (χ4v) is 3.93. The average molecular weight is 407 g/mol. The Bertz CT molecular complexity index is 972. The molecule has 9 heteroatoms. The molecule has 1 amide bonds. The van der Waals surface area contributed by atoms with E-state index in [1.54, 1.807) is 24.3 Å². The van der Waals surface area contributed by atoms with Gasteiger partial charge in [0.05, 0.1) is 30.6 Å². The van der Waals surface area contributed by atoms with Gasteiger partial charge in [0.2, 0.25) is 5.91 Å². The smallest absolute Gasteiger partial charge is 0.225 e. The number of methoxy groups -OCH3 is 2. The Morgan fingerprint density at radius 1 is 1.04 bits per heavy atom. The Labute approximate surface area is 163 Å². The lowest BCUT2D eigenvalue weighted by Gasteiger charge is -2.18. The molecule has 1 aliphatic rings. The van der Waals surface area contributed by atoms with Crippen LogP contribution in [0.25, 0.3) is 0 Å². The highest BCUT2D eigenvalue weighted by Crippen LogP contribution is 2.33. The number of fused-ring (bicyclic) bond motifs is 1. The van der Waals surface area contributed by atoms with Gasteiger partial charge in [-0.05, 0) is 24.3 Å². The lowest BCUT2D eigenvalue weighted by atomic mass is 10.2. The third kappa shape index (κ3) is 4.48. The number of hydrogen-bond acceptors (Lipinski definition) is 7. The summed E-state index contributed by atoms with van der Waals surface area (Å²) in [5, 5.41) is 2.66. The minimum absolute atomic E-state index is 0.0894. The van der Waals surface area contributed by atoms with E-state index in [2.05, 4.69) is 5.32 Å². The van der Waals surface area contributed by atoms with Crippen molar-refractivity contribution < 1.29 is 32.2 Å². The van der Waals surface area contributed by atoms with Crippen LogP contribution in [0.2, 0.25) is 0 Å². The minimum atomic E-state index is -3.66. The topological polar surface area (TPSA) is 100 Å². The molecule has 3 rings (SSSR count). The molecule has 0 unspecified atom stereocenters. The number of anilines is 1. The van der Waals surface area contributed by atoms with E-state index in [0.29, 0.717) is 41.9 Å². The van der Waals surface area contributed by atoms with Crippen molar-refractivity contribution in [3.05, 3.63) is 36.4 Å². The SMILES string of the molecule is COc1ccc(NC(=O)CCS(=O)(=O)c2ccc3c(c2)OCCO3)c(OC)c1. The molecule has 2 aromatic carbocycles. The van der Waals surface area contributed by atoms with Crippen LogP contribution in [-0.4, -0.2) is 47.5 Å². The van der Waals surface area contributed by atoms with Gasteiger partial charge in [0.25, 0.3) is 0 Å². The second kappa shape index (κ2) is 8.39. The summed E-state index contributed by atoms with van der Waals surface area (Å²) < 4.78 is 46.3. The first-order chi connectivity index (χ1) is 13.4. The Morgan fingerprint density at radius 2 is 1.79 bits per heavy atom. The second-order valence-electron chi connectivity index (χ2n) is 5.99. The van der Waals surface area contributed by atoms with Gasteiger partial charge < -0.3 is 24.3 Å². The first-order valence-electron chi connectivity index (χ1n) is 8.57. The van der Waals surface area contributed by atoms with Crippen molar-refractivity contribution in [3.63, 3.8) is 0 Å². The molecule has 0 saturated carbocycles. The summed E-state index contributed by atoms with van der Waals surface area (Å²) in [6.45, 7) is 0.788. The first-order valence-corrected chi connectivity index (χ1v) is 10.2. The van der Waals surface area contributed by atoms with Crippen molar-refractivity contribution in [2.75, 3.05) is 38.5 Å². The van der Waals surface area contributed by atoms with Gasteiger partial charge in [-0.3, -0.25) is 4.79 Å². The van der Waals surface area contributed by atoms with E-state index in [-0.39, 0.29) is 17.1 Å². The highest BCUT2D eigenvalue weighted by atomic mass is 32.2. The number of carbonyl (C=O) groups excluding carboxylic acids is 1. The van der Waals surface area contributed by atoms with Crippen LogP contribution in [0.1, 0.15) is 6.42 Å². The first kappa shape index (κ1) is 19.8. The predicted octanol–water partition coefficient (Wildman–Crippen LogP) is 2.28. The molecular weight excluding hydrogens is 386 g/mol. The van der Waals surface area contributed by atoms with Crippen molar-refractivity contribution in [2.45, 2.75) is 11.3 Å². The zero-order valence-corrected chi connectivity index (χ0v) is 16.4. The molecule has 0 radical (unpaired) electrons. The highest BCUT2D eigenvalue weighted by molar-refractivity contribution is 7.91. The van der Waals surface area contributed by atoms with E-state index in [4.69, 9.17) is 18.9 Å². The summed E-state index contributed by atoms with van der Waals surface area (Å²) in [6.07, 6.45) is -0.202. The maximum Gasteiger partial charge on any atom is 0.225 e. The molecule has 0 aromatic heterocycles. The minimum Gasteiger partial charge on any atom is -0.497 e. The van der Waals surface area contributed by atoms with Crippen LogP contribution in [0.5, 0.6) is 23.0 Å². The predicted molar refractivity (Wildman–Crippen MR) is 102 cm³/mol. The van der Waals surface area contributed by atoms with Crippen LogP contribution in [-0.2, 0) is 14.6 Å². The molecule has 150 valence electrons. The molecule has 0 aliphatic carbocycles. The van der Waals surface area contributed by atoms with Gasteiger partial charge in [-0.2, -0.15) is 0 Å². The van der Waals surface area contributed by atoms with Gasteiger partial charge in [0, 0.05) is 18.6 Å². The lowest BCUT2D eigenvalue weighted by Crippen LogP contribution is -2.19. The molecular formula is C19H21NO7S. The van der Waals surface area contributed by atoms with E-state index < -0.39 is 15.7 Å². The van der Waals surface area contributed by atoms with Crippen molar-refractivity contribution >= 4 is 21.4 Å². The zero-order chi connectivity index (χ0) is 20.1. The second-order valence-corrected chi connectivity index (χ2v) is 8.10. The van der Waals surface area contributed by atoms with E-state index in [9.17, 15) is 13.2 Å². The zero-order valence-electron chi connectivity index (χ0n) is 15.6.